The SMILES string of the molecule is C=CCn1c(SCc2c(F)cccc2Cl)nnc1C1CC1c1ccccc1. The van der Waals surface area contributed by atoms with Crippen molar-refractivity contribution in [1.82, 2.24) is 14.8 Å². The Balaban J connectivity index is 1.54. The van der Waals surface area contributed by atoms with E-state index in [-0.39, 0.29) is 5.82 Å². The van der Waals surface area contributed by atoms with Crippen molar-refractivity contribution < 1.29 is 4.39 Å². The Morgan fingerprint density at radius 2 is 1.96 bits per heavy atom. The lowest BCUT2D eigenvalue weighted by Gasteiger charge is -2.09. The number of halogens is 2. The molecule has 0 bridgehead atoms. The molecule has 1 heterocycles. The fourth-order valence-corrected chi connectivity index (χ4v) is 4.64. The average Bonchev–Trinajstić information content (AvgIpc) is 3.38. The smallest absolute Gasteiger partial charge is 0.191 e. The van der Waals surface area contributed by atoms with Crippen LogP contribution in [0.1, 0.15) is 35.2 Å². The van der Waals surface area contributed by atoms with Crippen LogP contribution in [0.3, 0.4) is 0 Å². The second-order valence-corrected chi connectivity index (χ2v) is 7.94. The van der Waals surface area contributed by atoms with Crippen LogP contribution in [0.5, 0.6) is 0 Å². The summed E-state index contributed by atoms with van der Waals surface area (Å²) in [6.07, 6.45) is 2.91. The lowest BCUT2D eigenvalue weighted by molar-refractivity contribution is 0.617. The molecule has 3 nitrogen and oxygen atoms in total. The fourth-order valence-electron chi connectivity index (χ4n) is 3.34. The quantitative estimate of drug-likeness (QED) is 0.370. The summed E-state index contributed by atoms with van der Waals surface area (Å²) in [4.78, 5) is 0. The van der Waals surface area contributed by atoms with E-state index in [1.54, 1.807) is 12.1 Å². The maximum absolute atomic E-state index is 14.0. The molecule has 1 aliphatic carbocycles. The predicted octanol–water partition coefficient (Wildman–Crippen LogP) is 5.82. The van der Waals surface area contributed by atoms with Gasteiger partial charge in [-0.1, -0.05) is 65.8 Å². The maximum atomic E-state index is 14.0. The normalized spacial score (nSPS) is 18.4. The van der Waals surface area contributed by atoms with Crippen LogP contribution in [0.15, 0.2) is 66.3 Å². The molecular weight excluding hydrogens is 381 g/mol. The second-order valence-electron chi connectivity index (χ2n) is 6.59. The van der Waals surface area contributed by atoms with Gasteiger partial charge in [0.25, 0.3) is 0 Å². The van der Waals surface area contributed by atoms with Gasteiger partial charge in [-0.05, 0) is 30.0 Å². The van der Waals surface area contributed by atoms with E-state index >= 15 is 0 Å². The molecule has 6 heteroatoms. The number of rotatable bonds is 7. The van der Waals surface area contributed by atoms with E-state index in [1.807, 2.05) is 12.1 Å². The molecule has 2 atom stereocenters. The molecule has 2 aromatic carbocycles. The highest BCUT2D eigenvalue weighted by molar-refractivity contribution is 7.98. The molecular formula is C21H19ClFN3S. The van der Waals surface area contributed by atoms with Crippen molar-refractivity contribution in [2.24, 2.45) is 0 Å². The van der Waals surface area contributed by atoms with Crippen LogP contribution in [-0.2, 0) is 12.3 Å². The van der Waals surface area contributed by atoms with Crippen LogP contribution in [0.25, 0.3) is 0 Å². The summed E-state index contributed by atoms with van der Waals surface area (Å²) in [6.45, 7) is 4.49. The molecule has 0 radical (unpaired) electrons. The number of allylic oxidation sites excluding steroid dienone is 1. The zero-order valence-corrected chi connectivity index (χ0v) is 16.3. The summed E-state index contributed by atoms with van der Waals surface area (Å²) in [5.41, 5.74) is 1.83. The van der Waals surface area contributed by atoms with Crippen molar-refractivity contribution in [3.8, 4) is 0 Å². The minimum absolute atomic E-state index is 0.295. The number of hydrogen-bond donors (Lipinski definition) is 0. The molecule has 3 aromatic rings. The summed E-state index contributed by atoms with van der Waals surface area (Å²) < 4.78 is 16.1. The molecule has 0 saturated heterocycles. The van der Waals surface area contributed by atoms with E-state index in [1.165, 1.54) is 23.4 Å². The van der Waals surface area contributed by atoms with E-state index < -0.39 is 0 Å². The van der Waals surface area contributed by atoms with Gasteiger partial charge in [0, 0.05) is 28.8 Å². The number of thioether (sulfide) groups is 1. The number of aromatic nitrogens is 3. The minimum atomic E-state index is -0.295. The van der Waals surface area contributed by atoms with Gasteiger partial charge in [0.15, 0.2) is 5.16 Å². The third-order valence-electron chi connectivity index (χ3n) is 4.81. The Morgan fingerprint density at radius 1 is 1.15 bits per heavy atom. The molecule has 1 saturated carbocycles. The maximum Gasteiger partial charge on any atom is 0.191 e. The molecule has 1 aliphatic rings. The van der Waals surface area contributed by atoms with Crippen molar-refractivity contribution in [3.63, 3.8) is 0 Å². The lowest BCUT2D eigenvalue weighted by Crippen LogP contribution is -2.04. The van der Waals surface area contributed by atoms with E-state index in [9.17, 15) is 4.39 Å². The standard InChI is InChI=1S/C21H19ClFN3S/c1-2-11-26-20(16-12-15(16)14-7-4-3-5-8-14)24-25-21(26)27-13-17-18(22)9-6-10-19(17)23/h2-10,15-16H,1,11-13H2. The molecule has 27 heavy (non-hydrogen) atoms. The summed E-state index contributed by atoms with van der Waals surface area (Å²) in [6, 6.07) is 15.2. The van der Waals surface area contributed by atoms with Crippen LogP contribution in [0, 0.1) is 5.82 Å². The molecule has 1 aromatic heterocycles. The molecule has 138 valence electrons. The zero-order valence-electron chi connectivity index (χ0n) is 14.7. The van der Waals surface area contributed by atoms with Gasteiger partial charge in [0.1, 0.15) is 11.6 Å². The van der Waals surface area contributed by atoms with E-state index in [2.05, 4.69) is 45.6 Å². The van der Waals surface area contributed by atoms with Crippen molar-refractivity contribution >= 4 is 23.4 Å². The van der Waals surface area contributed by atoms with Gasteiger partial charge in [0.2, 0.25) is 0 Å². The van der Waals surface area contributed by atoms with E-state index in [0.717, 1.165) is 17.4 Å². The summed E-state index contributed by atoms with van der Waals surface area (Å²) >= 11 is 7.59. The third-order valence-corrected chi connectivity index (χ3v) is 6.16. The van der Waals surface area contributed by atoms with Gasteiger partial charge in [0.05, 0.1) is 0 Å². The first kappa shape index (κ1) is 18.3. The average molecular weight is 400 g/mol. The van der Waals surface area contributed by atoms with Crippen molar-refractivity contribution in [2.75, 3.05) is 0 Å². The number of hydrogen-bond acceptors (Lipinski definition) is 3. The highest BCUT2D eigenvalue weighted by Crippen LogP contribution is 2.54. The molecule has 0 spiro atoms. The Kier molecular flexibility index (Phi) is 5.32. The highest BCUT2D eigenvalue weighted by atomic mass is 35.5. The lowest BCUT2D eigenvalue weighted by atomic mass is 10.1. The van der Waals surface area contributed by atoms with Gasteiger partial charge in [-0.3, -0.25) is 0 Å². The van der Waals surface area contributed by atoms with Crippen molar-refractivity contribution in [1.29, 1.82) is 0 Å². The van der Waals surface area contributed by atoms with Crippen LogP contribution in [0.2, 0.25) is 5.02 Å². The Hall–Kier alpha value is -2.11. The zero-order chi connectivity index (χ0) is 18.8. The van der Waals surface area contributed by atoms with Gasteiger partial charge in [-0.2, -0.15) is 0 Å². The molecule has 4 rings (SSSR count). The minimum Gasteiger partial charge on any atom is -0.302 e. The summed E-state index contributed by atoms with van der Waals surface area (Å²) in [7, 11) is 0. The monoisotopic (exact) mass is 399 g/mol. The Morgan fingerprint density at radius 3 is 2.70 bits per heavy atom. The van der Waals surface area contributed by atoms with E-state index in [4.69, 9.17) is 11.6 Å². The number of benzene rings is 2. The Bertz CT molecular complexity index is 937. The third kappa shape index (κ3) is 3.80. The highest BCUT2D eigenvalue weighted by Gasteiger charge is 2.43. The van der Waals surface area contributed by atoms with Crippen LogP contribution in [-0.4, -0.2) is 14.8 Å². The molecule has 0 N–H and O–H groups in total. The number of nitrogens with zero attached hydrogens (tertiary/aromatic N) is 3. The van der Waals surface area contributed by atoms with Crippen LogP contribution in [0.4, 0.5) is 4.39 Å². The Labute approximate surface area is 167 Å². The van der Waals surface area contributed by atoms with Crippen LogP contribution >= 0.6 is 23.4 Å². The molecule has 1 fully saturated rings. The van der Waals surface area contributed by atoms with Gasteiger partial charge < -0.3 is 4.57 Å². The summed E-state index contributed by atoms with van der Waals surface area (Å²) in [5, 5.41) is 10.0. The molecule has 2 unspecified atom stereocenters. The van der Waals surface area contributed by atoms with Gasteiger partial charge in [-0.15, -0.1) is 16.8 Å². The first-order valence-electron chi connectivity index (χ1n) is 8.83. The fraction of sp³-hybridized carbons (Fsp3) is 0.238. The summed E-state index contributed by atoms with van der Waals surface area (Å²) in [5.74, 6) is 1.94. The van der Waals surface area contributed by atoms with Gasteiger partial charge >= 0.3 is 0 Å². The van der Waals surface area contributed by atoms with E-state index in [0.29, 0.717) is 34.7 Å². The van der Waals surface area contributed by atoms with Crippen molar-refractivity contribution in [3.05, 3.63) is 89.0 Å². The molecule has 0 aliphatic heterocycles. The predicted molar refractivity (Wildman–Crippen MR) is 108 cm³/mol. The topological polar surface area (TPSA) is 30.7 Å². The first-order valence-corrected chi connectivity index (χ1v) is 10.2. The van der Waals surface area contributed by atoms with Crippen LogP contribution < -0.4 is 0 Å². The first-order chi connectivity index (χ1) is 13.2. The molecule has 0 amide bonds. The second kappa shape index (κ2) is 7.87. The van der Waals surface area contributed by atoms with Crippen molar-refractivity contribution in [2.45, 2.75) is 35.7 Å². The van der Waals surface area contributed by atoms with Gasteiger partial charge in [-0.25, -0.2) is 4.39 Å². The largest absolute Gasteiger partial charge is 0.302 e.